The first-order valence-corrected chi connectivity index (χ1v) is 6.68. The van der Waals surface area contributed by atoms with Crippen molar-refractivity contribution >= 4 is 11.9 Å². The van der Waals surface area contributed by atoms with Crippen LogP contribution in [0.15, 0.2) is 30.3 Å². The van der Waals surface area contributed by atoms with Crippen LogP contribution in [0, 0.1) is 5.41 Å². The van der Waals surface area contributed by atoms with Crippen molar-refractivity contribution < 1.29 is 19.4 Å². The average molecular weight is 277 g/mol. The van der Waals surface area contributed by atoms with Gasteiger partial charge in [0.15, 0.2) is 6.10 Å². The molecular weight excluding hydrogens is 258 g/mol. The average Bonchev–Trinajstić information content (AvgIpc) is 2.39. The zero-order valence-corrected chi connectivity index (χ0v) is 11.5. The highest BCUT2D eigenvalue weighted by molar-refractivity contribution is 5.83. The van der Waals surface area contributed by atoms with E-state index in [0.717, 1.165) is 12.0 Å². The number of nitrogens with one attached hydrogen (secondary N) is 1. The fraction of sp³-hybridized carbons (Fsp3) is 0.467. The molecule has 0 spiro atoms. The molecule has 0 bridgehead atoms. The maximum Gasteiger partial charge on any atom is 0.311 e. The third-order valence-corrected chi connectivity index (χ3v) is 3.94. The number of carboxylic acid groups (broad SMARTS) is 1. The van der Waals surface area contributed by atoms with Crippen molar-refractivity contribution in [3.8, 4) is 0 Å². The Morgan fingerprint density at radius 2 is 2.00 bits per heavy atom. The molecule has 0 aromatic heterocycles. The molecule has 5 heteroatoms. The van der Waals surface area contributed by atoms with Gasteiger partial charge in [-0.2, -0.15) is 0 Å². The topological polar surface area (TPSA) is 75.6 Å². The lowest BCUT2D eigenvalue weighted by Crippen LogP contribution is -2.48. The van der Waals surface area contributed by atoms with Crippen LogP contribution in [0.25, 0.3) is 0 Å². The molecule has 2 rings (SSSR count). The summed E-state index contributed by atoms with van der Waals surface area (Å²) >= 11 is 0. The van der Waals surface area contributed by atoms with Crippen molar-refractivity contribution in [2.75, 3.05) is 13.7 Å². The van der Waals surface area contributed by atoms with Crippen molar-refractivity contribution in [2.24, 2.45) is 5.41 Å². The Bertz CT molecular complexity index is 482. The molecule has 1 unspecified atom stereocenters. The number of carboxylic acids is 1. The SMILES string of the molecule is COC(C(=O)NCC1(C(=O)O)CCC1)c1ccccc1. The highest BCUT2D eigenvalue weighted by Gasteiger charge is 2.44. The highest BCUT2D eigenvalue weighted by atomic mass is 16.5. The van der Waals surface area contributed by atoms with Crippen LogP contribution in [0.2, 0.25) is 0 Å². The summed E-state index contributed by atoms with van der Waals surface area (Å²) < 4.78 is 5.22. The van der Waals surface area contributed by atoms with E-state index in [1.54, 1.807) is 0 Å². The second kappa shape index (κ2) is 6.05. The van der Waals surface area contributed by atoms with Gasteiger partial charge < -0.3 is 15.2 Å². The second-order valence-corrected chi connectivity index (χ2v) is 5.18. The second-order valence-electron chi connectivity index (χ2n) is 5.18. The molecule has 2 N–H and O–H groups in total. The first-order chi connectivity index (χ1) is 9.59. The van der Waals surface area contributed by atoms with Gasteiger partial charge in [0.25, 0.3) is 5.91 Å². The summed E-state index contributed by atoms with van der Waals surface area (Å²) in [5.74, 6) is -1.14. The smallest absolute Gasteiger partial charge is 0.311 e. The first-order valence-electron chi connectivity index (χ1n) is 6.68. The predicted octanol–water partition coefficient (Wildman–Crippen LogP) is 1.75. The van der Waals surface area contributed by atoms with Gasteiger partial charge in [0.1, 0.15) is 0 Å². The fourth-order valence-electron chi connectivity index (χ4n) is 2.44. The van der Waals surface area contributed by atoms with Gasteiger partial charge in [-0.15, -0.1) is 0 Å². The third kappa shape index (κ3) is 2.82. The number of methoxy groups -OCH3 is 1. The minimum atomic E-state index is -0.835. The number of ether oxygens (including phenoxy) is 1. The summed E-state index contributed by atoms with van der Waals surface area (Å²) in [5, 5.41) is 11.9. The van der Waals surface area contributed by atoms with E-state index in [9.17, 15) is 14.7 Å². The van der Waals surface area contributed by atoms with Crippen molar-refractivity contribution in [3.63, 3.8) is 0 Å². The van der Waals surface area contributed by atoms with E-state index in [2.05, 4.69) is 5.32 Å². The van der Waals surface area contributed by atoms with Crippen molar-refractivity contribution in [1.82, 2.24) is 5.32 Å². The normalized spacial score (nSPS) is 17.9. The van der Waals surface area contributed by atoms with E-state index in [4.69, 9.17) is 4.74 Å². The predicted molar refractivity (Wildman–Crippen MR) is 73.1 cm³/mol. The largest absolute Gasteiger partial charge is 0.481 e. The Hall–Kier alpha value is -1.88. The lowest BCUT2D eigenvalue weighted by molar-refractivity contribution is -0.154. The van der Waals surface area contributed by atoms with Gasteiger partial charge >= 0.3 is 5.97 Å². The van der Waals surface area contributed by atoms with E-state index < -0.39 is 17.5 Å². The molecule has 1 amide bonds. The highest BCUT2D eigenvalue weighted by Crippen LogP contribution is 2.40. The van der Waals surface area contributed by atoms with Gasteiger partial charge in [0, 0.05) is 13.7 Å². The quantitative estimate of drug-likeness (QED) is 0.830. The Morgan fingerprint density at radius 1 is 1.35 bits per heavy atom. The van der Waals surface area contributed by atoms with E-state index >= 15 is 0 Å². The van der Waals surface area contributed by atoms with Crippen LogP contribution in [-0.2, 0) is 14.3 Å². The number of amides is 1. The van der Waals surface area contributed by atoms with Crippen molar-refractivity contribution in [3.05, 3.63) is 35.9 Å². The Balaban J connectivity index is 1.98. The van der Waals surface area contributed by atoms with Crippen LogP contribution in [0.4, 0.5) is 0 Å². The lowest BCUT2D eigenvalue weighted by Gasteiger charge is -2.37. The van der Waals surface area contributed by atoms with Crippen LogP contribution in [0.1, 0.15) is 30.9 Å². The van der Waals surface area contributed by atoms with Crippen molar-refractivity contribution in [2.45, 2.75) is 25.4 Å². The molecular formula is C15H19NO4. The van der Waals surface area contributed by atoms with Gasteiger partial charge in [-0.1, -0.05) is 36.8 Å². The van der Waals surface area contributed by atoms with Gasteiger partial charge in [-0.05, 0) is 18.4 Å². The summed E-state index contributed by atoms with van der Waals surface area (Å²) in [6.07, 6.45) is 1.42. The number of aliphatic carboxylic acids is 1. The molecule has 108 valence electrons. The number of hydrogen-bond acceptors (Lipinski definition) is 3. The zero-order chi connectivity index (χ0) is 14.6. The maximum absolute atomic E-state index is 12.2. The van der Waals surface area contributed by atoms with Gasteiger partial charge in [0.2, 0.25) is 0 Å². The van der Waals surface area contributed by atoms with E-state index in [1.165, 1.54) is 7.11 Å². The number of benzene rings is 1. The summed E-state index contributed by atoms with van der Waals surface area (Å²) in [6, 6.07) is 9.15. The number of rotatable bonds is 6. The molecule has 0 radical (unpaired) electrons. The van der Waals surface area contributed by atoms with E-state index in [-0.39, 0.29) is 12.5 Å². The molecule has 0 heterocycles. The minimum absolute atomic E-state index is 0.161. The number of carbonyl (C=O) groups is 2. The molecule has 20 heavy (non-hydrogen) atoms. The Morgan fingerprint density at radius 3 is 2.45 bits per heavy atom. The molecule has 1 saturated carbocycles. The molecule has 1 atom stereocenters. The molecule has 1 aliphatic carbocycles. The Labute approximate surface area is 117 Å². The molecule has 0 aliphatic heterocycles. The molecule has 1 aromatic carbocycles. The molecule has 1 aromatic rings. The van der Waals surface area contributed by atoms with Gasteiger partial charge in [-0.25, -0.2) is 0 Å². The standard InChI is InChI=1S/C15H19NO4/c1-20-12(11-6-3-2-4-7-11)13(17)16-10-15(14(18)19)8-5-9-15/h2-4,6-7,12H,5,8-10H2,1H3,(H,16,17)(H,18,19). The van der Waals surface area contributed by atoms with E-state index in [0.29, 0.717) is 12.8 Å². The van der Waals surface area contributed by atoms with Crippen molar-refractivity contribution in [1.29, 1.82) is 0 Å². The monoisotopic (exact) mass is 277 g/mol. The molecule has 5 nitrogen and oxygen atoms in total. The number of hydrogen-bond donors (Lipinski definition) is 2. The van der Waals surface area contributed by atoms with Crippen LogP contribution in [0.3, 0.4) is 0 Å². The summed E-state index contributed by atoms with van der Waals surface area (Å²) in [6.45, 7) is 0.161. The third-order valence-electron chi connectivity index (χ3n) is 3.94. The summed E-state index contributed by atoms with van der Waals surface area (Å²) in [5.41, 5.74) is -0.0320. The zero-order valence-electron chi connectivity index (χ0n) is 11.5. The minimum Gasteiger partial charge on any atom is -0.481 e. The Kier molecular flexibility index (Phi) is 4.39. The van der Waals surface area contributed by atoms with Gasteiger partial charge in [0.05, 0.1) is 5.41 Å². The molecule has 0 saturated heterocycles. The van der Waals surface area contributed by atoms with E-state index in [1.807, 2.05) is 30.3 Å². The van der Waals surface area contributed by atoms with Crippen LogP contribution < -0.4 is 5.32 Å². The first kappa shape index (κ1) is 14.5. The lowest BCUT2D eigenvalue weighted by atomic mass is 9.69. The van der Waals surface area contributed by atoms with Gasteiger partial charge in [-0.3, -0.25) is 9.59 Å². The molecule has 1 fully saturated rings. The molecule has 1 aliphatic rings. The fourth-order valence-corrected chi connectivity index (χ4v) is 2.44. The van der Waals surface area contributed by atoms with Crippen LogP contribution >= 0.6 is 0 Å². The summed E-state index contributed by atoms with van der Waals surface area (Å²) in [4.78, 5) is 23.4. The number of carbonyl (C=O) groups excluding carboxylic acids is 1. The maximum atomic E-state index is 12.2. The van der Waals surface area contributed by atoms with Crippen LogP contribution in [-0.4, -0.2) is 30.6 Å². The summed E-state index contributed by atoms with van der Waals surface area (Å²) in [7, 11) is 1.47. The van der Waals surface area contributed by atoms with Crippen LogP contribution in [0.5, 0.6) is 0 Å².